The molecule has 22 heavy (non-hydrogen) atoms. The fourth-order valence-electron chi connectivity index (χ4n) is 3.03. The van der Waals surface area contributed by atoms with Gasteiger partial charge in [-0.1, -0.05) is 0 Å². The number of carbonyl (C=O) groups excluding carboxylic acids is 1. The number of nitrogens with zero attached hydrogens (tertiary/aromatic N) is 3. The van der Waals surface area contributed by atoms with E-state index in [9.17, 15) is 18.0 Å². The first kappa shape index (κ1) is 15.1. The number of aromatic nitrogens is 1. The Morgan fingerprint density at radius 2 is 1.95 bits per heavy atom. The van der Waals surface area contributed by atoms with Crippen LogP contribution in [-0.2, 0) is 6.18 Å². The number of urea groups is 1. The van der Waals surface area contributed by atoms with Crippen molar-refractivity contribution >= 4 is 12.0 Å². The highest BCUT2D eigenvalue weighted by atomic mass is 19.4. The topological polar surface area (TPSA) is 61.6 Å². The van der Waals surface area contributed by atoms with Crippen LogP contribution in [0.25, 0.3) is 0 Å². The minimum absolute atomic E-state index is 0.171. The van der Waals surface area contributed by atoms with Crippen LogP contribution in [0.15, 0.2) is 10.7 Å². The molecule has 122 valence electrons. The summed E-state index contributed by atoms with van der Waals surface area (Å²) < 4.78 is 42.0. The lowest BCUT2D eigenvalue weighted by Crippen LogP contribution is -2.66. The Kier molecular flexibility index (Phi) is 3.54. The third-order valence-electron chi connectivity index (χ3n) is 4.54. The molecule has 2 fully saturated rings. The Balaban J connectivity index is 1.64. The van der Waals surface area contributed by atoms with E-state index in [1.54, 1.807) is 4.90 Å². The van der Waals surface area contributed by atoms with Crippen LogP contribution in [-0.4, -0.2) is 53.0 Å². The monoisotopic (exact) mass is 318 g/mol. The summed E-state index contributed by atoms with van der Waals surface area (Å²) in [6.07, 6.45) is -1.42. The molecule has 1 aromatic heterocycles. The molecule has 0 atom stereocenters. The van der Waals surface area contributed by atoms with E-state index in [1.807, 2.05) is 7.05 Å². The number of piperidine rings is 1. The van der Waals surface area contributed by atoms with E-state index in [0.717, 1.165) is 32.4 Å². The molecule has 1 N–H and O–H groups in total. The lowest BCUT2D eigenvalue weighted by molar-refractivity contribution is -0.141. The Bertz CT molecular complexity index is 564. The van der Waals surface area contributed by atoms with Gasteiger partial charge >= 0.3 is 18.2 Å². The predicted molar refractivity (Wildman–Crippen MR) is 71.3 cm³/mol. The maximum atomic E-state index is 12.4. The van der Waals surface area contributed by atoms with E-state index in [-0.39, 0.29) is 5.54 Å². The molecule has 1 spiro atoms. The van der Waals surface area contributed by atoms with Gasteiger partial charge in [-0.3, -0.25) is 5.32 Å². The van der Waals surface area contributed by atoms with Crippen LogP contribution in [0, 0.1) is 0 Å². The van der Waals surface area contributed by atoms with Crippen LogP contribution in [0.2, 0.25) is 0 Å². The van der Waals surface area contributed by atoms with Crippen molar-refractivity contribution < 1.29 is 22.4 Å². The largest absolute Gasteiger partial charge is 0.436 e. The molecule has 2 aliphatic heterocycles. The molecule has 3 heterocycles. The summed E-state index contributed by atoms with van der Waals surface area (Å²) in [4.78, 5) is 19.4. The fraction of sp³-hybridized carbons (Fsp3) is 0.692. The molecule has 1 aromatic rings. The SMILES string of the molecule is CN1CCC2(CC1)CCN2C(=O)Nc1nc(C(F)(F)F)co1. The highest BCUT2D eigenvalue weighted by Gasteiger charge is 2.48. The molecule has 0 saturated carbocycles. The van der Waals surface area contributed by atoms with Gasteiger partial charge in [-0.05, 0) is 26.3 Å². The molecule has 0 bridgehead atoms. The van der Waals surface area contributed by atoms with Gasteiger partial charge in [0.1, 0.15) is 6.26 Å². The number of hydrogen-bond donors (Lipinski definition) is 1. The van der Waals surface area contributed by atoms with E-state index < -0.39 is 23.9 Å². The lowest BCUT2D eigenvalue weighted by Gasteiger charge is -2.55. The summed E-state index contributed by atoms with van der Waals surface area (Å²) in [5.41, 5.74) is -1.32. The third-order valence-corrected chi connectivity index (χ3v) is 4.54. The number of nitrogens with one attached hydrogen (secondary N) is 1. The summed E-state index contributed by atoms with van der Waals surface area (Å²) in [6, 6.07) is -0.876. The van der Waals surface area contributed by atoms with Crippen molar-refractivity contribution in [3.8, 4) is 0 Å². The first-order valence-electron chi connectivity index (χ1n) is 7.10. The van der Waals surface area contributed by atoms with Crippen molar-refractivity contribution in [1.29, 1.82) is 0 Å². The predicted octanol–water partition coefficient (Wildman–Crippen LogP) is 2.40. The minimum atomic E-state index is -4.58. The Morgan fingerprint density at radius 3 is 2.45 bits per heavy atom. The molecule has 9 heteroatoms. The number of hydrogen-bond acceptors (Lipinski definition) is 4. The second kappa shape index (κ2) is 5.15. The molecule has 2 amide bonds. The molecule has 0 aliphatic carbocycles. The number of anilines is 1. The number of likely N-dealkylation sites (tertiary alicyclic amines) is 2. The van der Waals surface area contributed by atoms with E-state index >= 15 is 0 Å². The number of halogens is 3. The first-order valence-corrected chi connectivity index (χ1v) is 7.10. The van der Waals surface area contributed by atoms with Gasteiger partial charge in [0.2, 0.25) is 0 Å². The van der Waals surface area contributed by atoms with Crippen LogP contribution >= 0.6 is 0 Å². The van der Waals surface area contributed by atoms with Gasteiger partial charge in [-0.25, -0.2) is 4.79 Å². The van der Waals surface area contributed by atoms with Gasteiger partial charge in [0, 0.05) is 25.2 Å². The number of oxazole rings is 1. The average Bonchev–Trinajstić information content (AvgIpc) is 2.87. The number of alkyl halides is 3. The fourth-order valence-corrected chi connectivity index (χ4v) is 3.03. The van der Waals surface area contributed by atoms with Crippen LogP contribution in [0.3, 0.4) is 0 Å². The van der Waals surface area contributed by atoms with E-state index in [2.05, 4.69) is 19.6 Å². The van der Waals surface area contributed by atoms with Gasteiger partial charge in [0.05, 0.1) is 0 Å². The number of amides is 2. The zero-order valence-corrected chi connectivity index (χ0v) is 12.1. The van der Waals surface area contributed by atoms with Gasteiger partial charge in [-0.2, -0.15) is 18.2 Å². The number of carbonyl (C=O) groups is 1. The van der Waals surface area contributed by atoms with Crippen molar-refractivity contribution in [1.82, 2.24) is 14.8 Å². The smallest absolute Gasteiger partial charge is 0.431 e. The molecule has 3 rings (SSSR count). The quantitative estimate of drug-likeness (QED) is 0.864. The van der Waals surface area contributed by atoms with Crippen LogP contribution in [0.1, 0.15) is 25.0 Å². The van der Waals surface area contributed by atoms with Gasteiger partial charge in [0.15, 0.2) is 5.69 Å². The summed E-state index contributed by atoms with van der Waals surface area (Å²) >= 11 is 0. The molecule has 2 saturated heterocycles. The van der Waals surface area contributed by atoms with Crippen LogP contribution in [0.4, 0.5) is 24.0 Å². The second-order valence-corrected chi connectivity index (χ2v) is 5.90. The van der Waals surface area contributed by atoms with Gasteiger partial charge < -0.3 is 14.2 Å². The van der Waals surface area contributed by atoms with E-state index in [1.165, 1.54) is 0 Å². The van der Waals surface area contributed by atoms with Gasteiger partial charge in [0.25, 0.3) is 0 Å². The minimum Gasteiger partial charge on any atom is -0.431 e. The van der Waals surface area contributed by atoms with Crippen LogP contribution < -0.4 is 5.32 Å². The molecule has 0 unspecified atom stereocenters. The molecule has 0 aromatic carbocycles. The van der Waals surface area contributed by atoms with Crippen molar-refractivity contribution in [2.45, 2.75) is 31.0 Å². The van der Waals surface area contributed by atoms with Crippen molar-refractivity contribution in [3.63, 3.8) is 0 Å². The third kappa shape index (κ3) is 2.65. The molecule has 6 nitrogen and oxygen atoms in total. The lowest BCUT2D eigenvalue weighted by atomic mass is 9.77. The summed E-state index contributed by atoms with van der Waals surface area (Å²) in [7, 11) is 2.03. The summed E-state index contributed by atoms with van der Waals surface area (Å²) in [5.74, 6) is 0. The van der Waals surface area contributed by atoms with Gasteiger partial charge in [-0.15, -0.1) is 0 Å². The van der Waals surface area contributed by atoms with Crippen LogP contribution in [0.5, 0.6) is 0 Å². The Hall–Kier alpha value is -1.77. The number of rotatable bonds is 1. The molecule has 0 radical (unpaired) electrons. The summed E-state index contributed by atoms with van der Waals surface area (Å²) in [5, 5.41) is 2.31. The molecular formula is C13H17F3N4O2. The highest BCUT2D eigenvalue weighted by Crippen LogP contribution is 2.40. The van der Waals surface area contributed by atoms with E-state index in [0.29, 0.717) is 12.8 Å². The van der Waals surface area contributed by atoms with Crippen molar-refractivity contribution in [2.75, 3.05) is 32.0 Å². The Labute approximate surface area is 125 Å². The Morgan fingerprint density at radius 1 is 1.32 bits per heavy atom. The highest BCUT2D eigenvalue weighted by molar-refractivity contribution is 5.88. The summed E-state index contributed by atoms with van der Waals surface area (Å²) in [6.45, 7) is 2.41. The van der Waals surface area contributed by atoms with Crippen molar-refractivity contribution in [2.24, 2.45) is 0 Å². The zero-order chi connectivity index (χ0) is 16.0. The standard InChI is InChI=1S/C13H17F3N4O2/c1-19-5-2-12(3-6-19)4-7-20(12)11(21)18-10-17-9(8-22-10)13(14,15)16/h8H,2-7H2,1H3,(H,17,18,21). The second-order valence-electron chi connectivity index (χ2n) is 5.90. The zero-order valence-electron chi connectivity index (χ0n) is 12.1. The molecular weight excluding hydrogens is 301 g/mol. The maximum absolute atomic E-state index is 12.4. The molecule has 2 aliphatic rings. The normalized spacial score (nSPS) is 21.7. The average molecular weight is 318 g/mol. The first-order chi connectivity index (χ1) is 10.3. The maximum Gasteiger partial charge on any atom is 0.436 e. The van der Waals surface area contributed by atoms with E-state index in [4.69, 9.17) is 0 Å². The van der Waals surface area contributed by atoms with Crippen molar-refractivity contribution in [3.05, 3.63) is 12.0 Å².